The summed E-state index contributed by atoms with van der Waals surface area (Å²) in [5.41, 5.74) is 3.43. The van der Waals surface area contributed by atoms with Gasteiger partial charge in [0, 0.05) is 12.6 Å². The Labute approximate surface area is 158 Å². The Morgan fingerprint density at radius 2 is 2.04 bits per heavy atom. The molecule has 9 heteroatoms. The van der Waals surface area contributed by atoms with E-state index < -0.39 is 13.0 Å². The number of rotatable bonds is 5. The predicted octanol–water partition coefficient (Wildman–Crippen LogP) is 3.84. The van der Waals surface area contributed by atoms with E-state index in [1.807, 2.05) is 35.9 Å². The molecular formula is C19H14F2N6O. The number of nitriles is 1. The molecule has 0 fully saturated rings. The van der Waals surface area contributed by atoms with Crippen LogP contribution in [-0.2, 0) is 7.05 Å². The third-order valence-corrected chi connectivity index (χ3v) is 4.24. The van der Waals surface area contributed by atoms with Crippen LogP contribution in [0, 0.1) is 11.3 Å². The maximum atomic E-state index is 12.4. The van der Waals surface area contributed by atoms with Crippen molar-refractivity contribution in [2.75, 3.05) is 11.9 Å². The minimum atomic E-state index is -2.51. The molecule has 0 bridgehead atoms. The number of nitrogens with one attached hydrogen (secondary N) is 1. The largest absolute Gasteiger partial charge is 0.416 e. The highest BCUT2D eigenvalue weighted by Gasteiger charge is 2.16. The van der Waals surface area contributed by atoms with Crippen molar-refractivity contribution in [1.82, 2.24) is 19.7 Å². The number of para-hydroxylation sites is 1. The maximum absolute atomic E-state index is 12.4. The monoisotopic (exact) mass is 380 g/mol. The molecule has 0 amide bonds. The van der Waals surface area contributed by atoms with E-state index in [-0.39, 0.29) is 11.5 Å². The molecule has 0 spiro atoms. The molecule has 0 unspecified atom stereocenters. The van der Waals surface area contributed by atoms with Gasteiger partial charge in [-0.1, -0.05) is 6.07 Å². The van der Waals surface area contributed by atoms with Crippen LogP contribution in [0.25, 0.3) is 33.9 Å². The summed E-state index contributed by atoms with van der Waals surface area (Å²) < 4.78 is 32.5. The number of alkyl halides is 2. The van der Waals surface area contributed by atoms with Crippen molar-refractivity contribution < 1.29 is 13.2 Å². The van der Waals surface area contributed by atoms with Gasteiger partial charge >= 0.3 is 0 Å². The van der Waals surface area contributed by atoms with Gasteiger partial charge in [-0.15, -0.1) is 10.2 Å². The topological polar surface area (TPSA) is 92.6 Å². The van der Waals surface area contributed by atoms with Crippen LogP contribution in [0.15, 0.2) is 47.1 Å². The van der Waals surface area contributed by atoms with E-state index >= 15 is 0 Å². The molecule has 0 atom stereocenters. The number of imidazole rings is 1. The first-order valence-corrected chi connectivity index (χ1v) is 8.37. The minimum absolute atomic E-state index is 0.213. The Hall–Kier alpha value is -3.80. The van der Waals surface area contributed by atoms with Gasteiger partial charge in [-0.25, -0.2) is 13.8 Å². The first-order valence-electron chi connectivity index (χ1n) is 8.37. The fourth-order valence-electron chi connectivity index (χ4n) is 2.89. The van der Waals surface area contributed by atoms with Gasteiger partial charge < -0.3 is 14.3 Å². The summed E-state index contributed by atoms with van der Waals surface area (Å²) in [6, 6.07) is 12.3. The standard InChI is InChI=1S/C19H14F2N6O/c1-27-10-24-17-13(3-2-4-15(17)27)19-26-25-18(28-19)11-5-6-14(12(7-11)8-22)23-9-16(20)21/h2-7,10,16,23H,9H2,1H3. The van der Waals surface area contributed by atoms with Gasteiger partial charge in [0.15, 0.2) is 0 Å². The van der Waals surface area contributed by atoms with Crippen molar-refractivity contribution in [3.63, 3.8) is 0 Å². The van der Waals surface area contributed by atoms with Crippen molar-refractivity contribution >= 4 is 16.7 Å². The van der Waals surface area contributed by atoms with Gasteiger partial charge in [-0.05, 0) is 30.3 Å². The number of anilines is 1. The van der Waals surface area contributed by atoms with Crippen molar-refractivity contribution in [2.24, 2.45) is 7.05 Å². The zero-order valence-corrected chi connectivity index (χ0v) is 14.7. The molecule has 2 aromatic carbocycles. The van der Waals surface area contributed by atoms with E-state index in [9.17, 15) is 14.0 Å². The minimum Gasteiger partial charge on any atom is -0.416 e. The highest BCUT2D eigenvalue weighted by Crippen LogP contribution is 2.30. The summed E-state index contributed by atoms with van der Waals surface area (Å²) in [4.78, 5) is 4.37. The lowest BCUT2D eigenvalue weighted by molar-refractivity contribution is 0.163. The van der Waals surface area contributed by atoms with Crippen LogP contribution in [0.4, 0.5) is 14.5 Å². The van der Waals surface area contributed by atoms with Crippen LogP contribution in [0.2, 0.25) is 0 Å². The van der Waals surface area contributed by atoms with Crippen molar-refractivity contribution in [3.8, 4) is 29.0 Å². The smallest absolute Gasteiger partial charge is 0.255 e. The third kappa shape index (κ3) is 3.16. The van der Waals surface area contributed by atoms with E-state index in [1.54, 1.807) is 18.5 Å². The molecule has 2 aromatic heterocycles. The number of halogens is 2. The Kier molecular flexibility index (Phi) is 4.45. The lowest BCUT2D eigenvalue weighted by Crippen LogP contribution is -2.11. The van der Waals surface area contributed by atoms with Gasteiger partial charge in [0.05, 0.1) is 35.2 Å². The Morgan fingerprint density at radius 1 is 1.21 bits per heavy atom. The van der Waals surface area contributed by atoms with Crippen molar-refractivity contribution in [3.05, 3.63) is 48.3 Å². The molecule has 0 aliphatic rings. The molecule has 0 saturated heterocycles. The van der Waals surface area contributed by atoms with Gasteiger partial charge in [0.1, 0.15) is 11.6 Å². The molecule has 4 aromatic rings. The first kappa shape index (κ1) is 17.6. The number of hydrogen-bond donors (Lipinski definition) is 1. The van der Waals surface area contributed by atoms with Crippen LogP contribution in [0.3, 0.4) is 0 Å². The molecule has 140 valence electrons. The molecule has 4 rings (SSSR count). The molecule has 0 aliphatic heterocycles. The van der Waals surface area contributed by atoms with E-state index in [0.717, 1.165) is 11.0 Å². The quantitative estimate of drug-likeness (QED) is 0.566. The number of benzene rings is 2. The Balaban J connectivity index is 1.68. The molecule has 0 aliphatic carbocycles. The third-order valence-electron chi connectivity index (χ3n) is 4.24. The molecular weight excluding hydrogens is 366 g/mol. The molecule has 1 N–H and O–H groups in total. The second-order valence-corrected chi connectivity index (χ2v) is 6.09. The summed E-state index contributed by atoms with van der Waals surface area (Å²) in [6.45, 7) is -0.535. The van der Waals surface area contributed by atoms with E-state index in [4.69, 9.17) is 4.42 Å². The molecule has 0 radical (unpaired) electrons. The Morgan fingerprint density at radius 3 is 2.82 bits per heavy atom. The fourth-order valence-corrected chi connectivity index (χ4v) is 2.89. The van der Waals surface area contributed by atoms with E-state index in [0.29, 0.717) is 22.7 Å². The summed E-state index contributed by atoms with van der Waals surface area (Å²) in [5, 5.41) is 20.0. The van der Waals surface area contributed by atoms with Gasteiger partial charge in [0.2, 0.25) is 11.8 Å². The highest BCUT2D eigenvalue weighted by atomic mass is 19.3. The van der Waals surface area contributed by atoms with Crippen LogP contribution in [-0.4, -0.2) is 32.7 Å². The average Bonchev–Trinajstić information content (AvgIpc) is 3.33. The lowest BCUT2D eigenvalue weighted by atomic mass is 10.1. The number of fused-ring (bicyclic) bond motifs is 1. The SMILES string of the molecule is Cn1cnc2c(-c3nnc(-c4ccc(NCC(F)F)c(C#N)c4)o3)cccc21. The second kappa shape index (κ2) is 7.08. The van der Waals surface area contributed by atoms with E-state index in [2.05, 4.69) is 20.5 Å². The number of aromatic nitrogens is 4. The van der Waals surface area contributed by atoms with Crippen LogP contribution >= 0.6 is 0 Å². The number of aryl methyl sites for hydroxylation is 1. The summed E-state index contributed by atoms with van der Waals surface area (Å²) in [7, 11) is 1.89. The molecule has 28 heavy (non-hydrogen) atoms. The zero-order chi connectivity index (χ0) is 19.7. The molecule has 0 saturated carbocycles. The zero-order valence-electron chi connectivity index (χ0n) is 14.7. The summed E-state index contributed by atoms with van der Waals surface area (Å²) in [6.07, 6.45) is -0.811. The normalized spacial score (nSPS) is 11.1. The first-order chi connectivity index (χ1) is 13.6. The van der Waals surface area contributed by atoms with Crippen LogP contribution in [0.5, 0.6) is 0 Å². The second-order valence-electron chi connectivity index (χ2n) is 6.09. The van der Waals surface area contributed by atoms with Crippen molar-refractivity contribution in [1.29, 1.82) is 5.26 Å². The predicted molar refractivity (Wildman–Crippen MR) is 98.7 cm³/mol. The fraction of sp³-hybridized carbons (Fsp3) is 0.158. The van der Waals surface area contributed by atoms with Crippen molar-refractivity contribution in [2.45, 2.75) is 6.43 Å². The lowest BCUT2D eigenvalue weighted by Gasteiger charge is -2.08. The van der Waals surface area contributed by atoms with Gasteiger partial charge in [0.25, 0.3) is 6.43 Å². The summed E-state index contributed by atoms with van der Waals surface area (Å²) in [5.74, 6) is 0.526. The average molecular weight is 380 g/mol. The number of hydrogen-bond acceptors (Lipinski definition) is 6. The van der Waals surface area contributed by atoms with Crippen LogP contribution < -0.4 is 5.32 Å². The van der Waals surface area contributed by atoms with Crippen LogP contribution in [0.1, 0.15) is 5.56 Å². The maximum Gasteiger partial charge on any atom is 0.255 e. The Bertz CT molecular complexity index is 1190. The van der Waals surface area contributed by atoms with Gasteiger partial charge in [-0.3, -0.25) is 0 Å². The molecule has 2 heterocycles. The number of nitrogens with zero attached hydrogens (tertiary/aromatic N) is 5. The molecule has 7 nitrogen and oxygen atoms in total. The van der Waals surface area contributed by atoms with E-state index in [1.165, 1.54) is 6.07 Å². The summed E-state index contributed by atoms with van der Waals surface area (Å²) >= 11 is 0. The highest BCUT2D eigenvalue weighted by molar-refractivity contribution is 5.89. The van der Waals surface area contributed by atoms with Gasteiger partial charge in [-0.2, -0.15) is 5.26 Å².